The lowest BCUT2D eigenvalue weighted by molar-refractivity contribution is -0.121. The predicted molar refractivity (Wildman–Crippen MR) is 130 cm³/mol. The number of hydrogen-bond acceptors (Lipinski definition) is 5. The molecule has 0 aliphatic carbocycles. The number of carbonyl (C=O) groups is 1. The number of anilines is 1. The highest BCUT2D eigenvalue weighted by Gasteiger charge is 2.39. The number of fused-ring (bicyclic) bond motifs is 1. The molecule has 1 aliphatic rings. The first-order valence-corrected chi connectivity index (χ1v) is 13.3. The van der Waals surface area contributed by atoms with Crippen LogP contribution >= 0.6 is 0 Å². The largest absolute Gasteiger partial charge is 0.494 e. The van der Waals surface area contributed by atoms with Crippen LogP contribution in [0.15, 0.2) is 48.5 Å². The Kier molecular flexibility index (Phi) is 7.89. The number of amides is 1. The van der Waals surface area contributed by atoms with Gasteiger partial charge in [0.25, 0.3) is 0 Å². The molecule has 2 aromatic carbocycles. The number of sulfonamides is 1. The van der Waals surface area contributed by atoms with Crippen molar-refractivity contribution in [2.24, 2.45) is 0 Å². The van der Waals surface area contributed by atoms with Gasteiger partial charge >= 0.3 is 0 Å². The third-order valence-electron chi connectivity index (χ3n) is 6.11. The van der Waals surface area contributed by atoms with Crippen LogP contribution < -0.4 is 19.1 Å². The molecule has 1 N–H and O–H groups in total. The fraction of sp³-hybridized carbons (Fsp3) is 0.480. The van der Waals surface area contributed by atoms with E-state index in [1.54, 1.807) is 24.3 Å². The molecule has 1 aliphatic heterocycles. The van der Waals surface area contributed by atoms with Crippen LogP contribution in [0.1, 0.15) is 58.1 Å². The maximum atomic E-state index is 13.1. The monoisotopic (exact) mass is 474 g/mol. The molecule has 0 spiro atoms. The van der Waals surface area contributed by atoms with Crippen molar-refractivity contribution in [3.05, 3.63) is 54.1 Å². The summed E-state index contributed by atoms with van der Waals surface area (Å²) in [6.45, 7) is 6.45. The Labute approximate surface area is 197 Å². The lowest BCUT2D eigenvalue weighted by Gasteiger charge is -2.41. The minimum atomic E-state index is -3.67. The van der Waals surface area contributed by atoms with Gasteiger partial charge in [0.05, 0.1) is 24.6 Å². The molecule has 0 fully saturated rings. The SMILES string of the molecule is CCCOc1ccc(N(CC(=O)N[C@@H]2CC(CC)(CC)Oc3ccccc32)S(C)(=O)=O)cc1. The summed E-state index contributed by atoms with van der Waals surface area (Å²) < 4.78 is 38.0. The van der Waals surface area contributed by atoms with E-state index < -0.39 is 10.0 Å². The molecule has 3 rings (SSSR count). The van der Waals surface area contributed by atoms with E-state index in [1.165, 1.54) is 0 Å². The Morgan fingerprint density at radius 2 is 1.79 bits per heavy atom. The molecule has 33 heavy (non-hydrogen) atoms. The smallest absolute Gasteiger partial charge is 0.241 e. The average molecular weight is 475 g/mol. The van der Waals surface area contributed by atoms with Gasteiger partial charge < -0.3 is 14.8 Å². The second-order valence-corrected chi connectivity index (χ2v) is 10.4. The molecule has 2 aromatic rings. The number of nitrogens with zero attached hydrogens (tertiary/aromatic N) is 1. The second-order valence-electron chi connectivity index (χ2n) is 8.47. The standard InChI is InChI=1S/C25H34N2O5S/c1-5-16-31-20-14-12-19(13-15-20)27(33(4,29)30)18-24(28)26-22-17-25(6-2,7-3)32-23-11-9-8-10-21(22)23/h8-15,22H,5-7,16-18H2,1-4H3,(H,26,28)/t22-/m1/s1. The minimum Gasteiger partial charge on any atom is -0.494 e. The van der Waals surface area contributed by atoms with Gasteiger partial charge in [-0.15, -0.1) is 0 Å². The zero-order chi connectivity index (χ0) is 24.1. The fourth-order valence-corrected chi connectivity index (χ4v) is 4.99. The number of benzene rings is 2. The van der Waals surface area contributed by atoms with Crippen LogP contribution in [0.2, 0.25) is 0 Å². The number of carbonyl (C=O) groups excluding carboxylic acids is 1. The van der Waals surface area contributed by atoms with E-state index in [1.807, 2.05) is 31.2 Å². The van der Waals surface area contributed by atoms with E-state index >= 15 is 0 Å². The molecule has 7 nitrogen and oxygen atoms in total. The molecule has 0 saturated heterocycles. The van der Waals surface area contributed by atoms with Crippen LogP contribution in [0, 0.1) is 0 Å². The second kappa shape index (κ2) is 10.5. The molecule has 1 atom stereocenters. The normalized spacial score (nSPS) is 16.9. The summed E-state index contributed by atoms with van der Waals surface area (Å²) in [5, 5.41) is 3.06. The van der Waals surface area contributed by atoms with Gasteiger partial charge in [-0.3, -0.25) is 9.10 Å². The molecule has 0 radical (unpaired) electrons. The van der Waals surface area contributed by atoms with Gasteiger partial charge in [0.15, 0.2) is 0 Å². The number of para-hydroxylation sites is 1. The Morgan fingerprint density at radius 3 is 2.39 bits per heavy atom. The van der Waals surface area contributed by atoms with Crippen molar-refractivity contribution in [3.8, 4) is 11.5 Å². The van der Waals surface area contributed by atoms with Gasteiger partial charge in [-0.05, 0) is 49.6 Å². The van der Waals surface area contributed by atoms with Crippen molar-refractivity contribution >= 4 is 21.6 Å². The van der Waals surface area contributed by atoms with Crippen LogP contribution in [0.3, 0.4) is 0 Å². The van der Waals surface area contributed by atoms with Gasteiger partial charge in [0.2, 0.25) is 15.9 Å². The van der Waals surface area contributed by atoms with Crippen molar-refractivity contribution in [1.82, 2.24) is 5.32 Å². The third kappa shape index (κ3) is 5.99. The molecule has 8 heteroatoms. The van der Waals surface area contributed by atoms with E-state index in [0.717, 1.165) is 41.1 Å². The molecule has 0 bridgehead atoms. The van der Waals surface area contributed by atoms with Crippen LogP contribution in [0.5, 0.6) is 11.5 Å². The Hall–Kier alpha value is -2.74. The van der Waals surface area contributed by atoms with Crippen LogP contribution in [-0.2, 0) is 14.8 Å². The summed E-state index contributed by atoms with van der Waals surface area (Å²) in [7, 11) is -3.67. The van der Waals surface area contributed by atoms with Crippen molar-refractivity contribution < 1.29 is 22.7 Å². The number of rotatable bonds is 10. The van der Waals surface area contributed by atoms with Crippen LogP contribution in [0.4, 0.5) is 5.69 Å². The fourth-order valence-electron chi connectivity index (χ4n) is 4.13. The highest BCUT2D eigenvalue weighted by atomic mass is 32.2. The molecular formula is C25H34N2O5S. The van der Waals surface area contributed by atoms with Crippen molar-refractivity contribution in [2.45, 2.75) is 58.1 Å². The first-order valence-electron chi connectivity index (χ1n) is 11.5. The molecule has 1 amide bonds. The van der Waals surface area contributed by atoms with Gasteiger partial charge in [-0.1, -0.05) is 39.0 Å². The molecule has 1 heterocycles. The number of hydrogen-bond donors (Lipinski definition) is 1. The van der Waals surface area contributed by atoms with Crippen LogP contribution in [0.25, 0.3) is 0 Å². The summed E-state index contributed by atoms with van der Waals surface area (Å²) in [6, 6.07) is 14.2. The summed E-state index contributed by atoms with van der Waals surface area (Å²) >= 11 is 0. The number of ether oxygens (including phenoxy) is 2. The summed E-state index contributed by atoms with van der Waals surface area (Å²) in [6.07, 6.45) is 4.23. The lowest BCUT2D eigenvalue weighted by Crippen LogP contribution is -2.47. The van der Waals surface area contributed by atoms with E-state index in [0.29, 0.717) is 24.5 Å². The van der Waals surface area contributed by atoms with E-state index in [-0.39, 0.29) is 24.1 Å². The van der Waals surface area contributed by atoms with E-state index in [4.69, 9.17) is 9.47 Å². The zero-order valence-corrected chi connectivity index (χ0v) is 20.7. The lowest BCUT2D eigenvalue weighted by atomic mass is 9.83. The predicted octanol–water partition coefficient (Wildman–Crippen LogP) is 4.44. The van der Waals surface area contributed by atoms with Crippen molar-refractivity contribution in [1.29, 1.82) is 0 Å². The van der Waals surface area contributed by atoms with Gasteiger partial charge in [-0.25, -0.2) is 8.42 Å². The summed E-state index contributed by atoms with van der Waals surface area (Å²) in [5.74, 6) is 1.06. The van der Waals surface area contributed by atoms with E-state index in [9.17, 15) is 13.2 Å². The average Bonchev–Trinajstić information content (AvgIpc) is 2.80. The summed E-state index contributed by atoms with van der Waals surface area (Å²) in [4.78, 5) is 13.1. The van der Waals surface area contributed by atoms with Gasteiger partial charge in [0, 0.05) is 12.0 Å². The Balaban J connectivity index is 1.79. The highest BCUT2D eigenvalue weighted by Crippen LogP contribution is 2.42. The van der Waals surface area contributed by atoms with Crippen LogP contribution in [-0.4, -0.2) is 39.3 Å². The topological polar surface area (TPSA) is 84.9 Å². The summed E-state index contributed by atoms with van der Waals surface area (Å²) in [5.41, 5.74) is 0.962. The van der Waals surface area contributed by atoms with E-state index in [2.05, 4.69) is 19.2 Å². The quantitative estimate of drug-likeness (QED) is 0.550. The third-order valence-corrected chi connectivity index (χ3v) is 7.25. The zero-order valence-electron chi connectivity index (χ0n) is 19.8. The Bertz CT molecular complexity index is 1050. The molecule has 180 valence electrons. The van der Waals surface area contributed by atoms with Crippen molar-refractivity contribution in [3.63, 3.8) is 0 Å². The Morgan fingerprint density at radius 1 is 1.12 bits per heavy atom. The molecule has 0 saturated carbocycles. The number of nitrogens with one attached hydrogen (secondary N) is 1. The highest BCUT2D eigenvalue weighted by molar-refractivity contribution is 7.92. The van der Waals surface area contributed by atoms with Gasteiger partial charge in [0.1, 0.15) is 23.6 Å². The molecular weight excluding hydrogens is 440 g/mol. The minimum absolute atomic E-state index is 0.256. The first-order chi connectivity index (χ1) is 15.7. The first kappa shape index (κ1) is 24.9. The maximum Gasteiger partial charge on any atom is 0.241 e. The van der Waals surface area contributed by atoms with Gasteiger partial charge in [-0.2, -0.15) is 0 Å². The maximum absolute atomic E-state index is 13.1. The van der Waals surface area contributed by atoms with Crippen molar-refractivity contribution in [2.75, 3.05) is 23.7 Å². The molecule has 0 unspecified atom stereocenters. The molecule has 0 aromatic heterocycles.